The molecule has 22 heavy (non-hydrogen) atoms. The third kappa shape index (κ3) is 3.36. The number of nitrogens with zero attached hydrogens (tertiary/aromatic N) is 1. The Labute approximate surface area is 127 Å². The average Bonchev–Trinajstić information content (AvgIpc) is 2.47. The van der Waals surface area contributed by atoms with Crippen molar-refractivity contribution in [3.8, 4) is 5.75 Å². The summed E-state index contributed by atoms with van der Waals surface area (Å²) in [6, 6.07) is 5.91. The van der Waals surface area contributed by atoms with Crippen molar-refractivity contribution >= 4 is 23.5 Å². The molecule has 0 saturated heterocycles. The zero-order valence-corrected chi connectivity index (χ0v) is 12.4. The Kier molecular flexibility index (Phi) is 4.65. The molecule has 0 unspecified atom stereocenters. The summed E-state index contributed by atoms with van der Waals surface area (Å²) in [5.74, 6) is -1.70. The lowest BCUT2D eigenvalue weighted by Crippen LogP contribution is -2.50. The van der Waals surface area contributed by atoms with Gasteiger partial charge in [-0.2, -0.15) is 0 Å². The highest BCUT2D eigenvalue weighted by molar-refractivity contribution is 6.02. The highest BCUT2D eigenvalue weighted by Crippen LogP contribution is 2.31. The van der Waals surface area contributed by atoms with Crippen LogP contribution in [0.15, 0.2) is 24.3 Å². The van der Waals surface area contributed by atoms with Crippen LogP contribution >= 0.6 is 0 Å². The molecule has 0 spiro atoms. The summed E-state index contributed by atoms with van der Waals surface area (Å²) < 4.78 is 5.29. The number of rotatable bonds is 5. The van der Waals surface area contributed by atoms with E-state index >= 15 is 0 Å². The van der Waals surface area contributed by atoms with Crippen molar-refractivity contribution in [2.24, 2.45) is 5.92 Å². The fourth-order valence-electron chi connectivity index (χ4n) is 2.20. The van der Waals surface area contributed by atoms with Gasteiger partial charge in [0, 0.05) is 0 Å². The molecular formula is C15H18N2O5. The van der Waals surface area contributed by atoms with E-state index in [-0.39, 0.29) is 25.0 Å². The van der Waals surface area contributed by atoms with Crippen LogP contribution in [0, 0.1) is 5.92 Å². The second-order valence-electron chi connectivity index (χ2n) is 5.36. The standard InChI is InChI=1S/C15H18N2O5/c1-9(2)14(15(20)21)16-12(18)7-17-10-5-3-4-6-11(10)22-8-13(17)19/h3-6,9,14H,7-8H2,1-2H3,(H,16,18)(H,20,21)/t14-/m1/s1. The average molecular weight is 306 g/mol. The van der Waals surface area contributed by atoms with Crippen LogP contribution in [0.5, 0.6) is 5.75 Å². The molecular weight excluding hydrogens is 288 g/mol. The molecule has 2 N–H and O–H groups in total. The van der Waals surface area contributed by atoms with Gasteiger partial charge in [0.1, 0.15) is 18.3 Å². The van der Waals surface area contributed by atoms with Crippen molar-refractivity contribution in [3.63, 3.8) is 0 Å². The smallest absolute Gasteiger partial charge is 0.326 e. The Balaban J connectivity index is 2.11. The molecule has 0 aromatic heterocycles. The molecule has 7 heteroatoms. The van der Waals surface area contributed by atoms with E-state index in [9.17, 15) is 14.4 Å². The Morgan fingerprint density at radius 2 is 2.05 bits per heavy atom. The molecule has 0 aliphatic carbocycles. The molecule has 0 bridgehead atoms. The molecule has 118 valence electrons. The third-order valence-corrected chi connectivity index (χ3v) is 3.36. The summed E-state index contributed by atoms with van der Waals surface area (Å²) in [7, 11) is 0. The van der Waals surface area contributed by atoms with Crippen LogP contribution in [-0.4, -0.2) is 42.1 Å². The molecule has 1 aliphatic rings. The maximum atomic E-state index is 12.1. The van der Waals surface area contributed by atoms with Gasteiger partial charge in [0.15, 0.2) is 6.61 Å². The summed E-state index contributed by atoms with van der Waals surface area (Å²) in [4.78, 5) is 36.4. The van der Waals surface area contributed by atoms with E-state index in [2.05, 4.69) is 5.32 Å². The number of nitrogens with one attached hydrogen (secondary N) is 1. The predicted octanol–water partition coefficient (Wildman–Crippen LogP) is 0.637. The van der Waals surface area contributed by atoms with Crippen LogP contribution in [0.25, 0.3) is 0 Å². The zero-order chi connectivity index (χ0) is 16.3. The number of para-hydroxylation sites is 2. The van der Waals surface area contributed by atoms with Crippen molar-refractivity contribution in [2.45, 2.75) is 19.9 Å². The van der Waals surface area contributed by atoms with Crippen LogP contribution < -0.4 is 15.0 Å². The second kappa shape index (κ2) is 6.46. The van der Waals surface area contributed by atoms with Crippen molar-refractivity contribution in [1.29, 1.82) is 0 Å². The number of carbonyl (C=O) groups is 3. The van der Waals surface area contributed by atoms with E-state index in [1.54, 1.807) is 38.1 Å². The highest BCUT2D eigenvalue weighted by Gasteiger charge is 2.29. The van der Waals surface area contributed by atoms with Crippen LogP contribution in [0.1, 0.15) is 13.8 Å². The van der Waals surface area contributed by atoms with E-state index < -0.39 is 17.9 Å². The van der Waals surface area contributed by atoms with Gasteiger partial charge in [0.2, 0.25) is 5.91 Å². The van der Waals surface area contributed by atoms with Gasteiger partial charge in [0.25, 0.3) is 5.91 Å². The highest BCUT2D eigenvalue weighted by atomic mass is 16.5. The van der Waals surface area contributed by atoms with Gasteiger partial charge >= 0.3 is 5.97 Å². The van der Waals surface area contributed by atoms with E-state index in [1.807, 2.05) is 0 Å². The van der Waals surface area contributed by atoms with Crippen molar-refractivity contribution in [1.82, 2.24) is 5.32 Å². The maximum absolute atomic E-state index is 12.1. The van der Waals surface area contributed by atoms with Crippen molar-refractivity contribution in [3.05, 3.63) is 24.3 Å². The van der Waals surface area contributed by atoms with Crippen LogP contribution in [0.2, 0.25) is 0 Å². The molecule has 0 fully saturated rings. The topological polar surface area (TPSA) is 95.9 Å². The Hall–Kier alpha value is -2.57. The Bertz CT molecular complexity index is 599. The fraction of sp³-hybridized carbons (Fsp3) is 0.400. The largest absolute Gasteiger partial charge is 0.482 e. The monoisotopic (exact) mass is 306 g/mol. The summed E-state index contributed by atoms with van der Waals surface area (Å²) in [6.45, 7) is 3.02. The second-order valence-corrected chi connectivity index (χ2v) is 5.36. The first-order chi connectivity index (χ1) is 10.4. The molecule has 0 radical (unpaired) electrons. The molecule has 2 amide bonds. The minimum atomic E-state index is -1.10. The third-order valence-electron chi connectivity index (χ3n) is 3.36. The number of carboxylic acid groups (broad SMARTS) is 1. The quantitative estimate of drug-likeness (QED) is 0.832. The van der Waals surface area contributed by atoms with Crippen LogP contribution in [-0.2, 0) is 14.4 Å². The van der Waals surface area contributed by atoms with Crippen LogP contribution in [0.4, 0.5) is 5.69 Å². The lowest BCUT2D eigenvalue weighted by Gasteiger charge is -2.29. The van der Waals surface area contributed by atoms with E-state index in [1.165, 1.54) is 4.90 Å². The normalized spacial score (nSPS) is 15.0. The van der Waals surface area contributed by atoms with E-state index in [4.69, 9.17) is 9.84 Å². The van der Waals surface area contributed by atoms with E-state index in [0.717, 1.165) is 0 Å². The summed E-state index contributed by atoms with van der Waals surface area (Å²) in [5, 5.41) is 11.5. The summed E-state index contributed by atoms with van der Waals surface area (Å²) in [5.41, 5.74) is 0.505. The number of carbonyl (C=O) groups excluding carboxylic acids is 2. The number of benzene rings is 1. The van der Waals surface area contributed by atoms with Gasteiger partial charge in [-0.15, -0.1) is 0 Å². The maximum Gasteiger partial charge on any atom is 0.326 e. The minimum Gasteiger partial charge on any atom is -0.482 e. The molecule has 0 saturated carbocycles. The number of ether oxygens (including phenoxy) is 1. The first kappa shape index (κ1) is 15.8. The van der Waals surface area contributed by atoms with Crippen LogP contribution in [0.3, 0.4) is 0 Å². The first-order valence-electron chi connectivity index (χ1n) is 6.94. The lowest BCUT2D eigenvalue weighted by molar-refractivity contribution is -0.142. The number of hydrogen-bond acceptors (Lipinski definition) is 4. The SMILES string of the molecule is CC(C)[C@@H](NC(=O)CN1C(=O)COc2ccccc21)C(=O)O. The Morgan fingerprint density at radius 1 is 1.36 bits per heavy atom. The van der Waals surface area contributed by atoms with Crippen molar-refractivity contribution in [2.75, 3.05) is 18.1 Å². The minimum absolute atomic E-state index is 0.142. The molecule has 1 aromatic carbocycles. The van der Waals surface area contributed by atoms with Gasteiger partial charge < -0.3 is 15.2 Å². The molecule has 7 nitrogen and oxygen atoms in total. The number of carboxylic acids is 1. The molecule has 1 aliphatic heterocycles. The number of hydrogen-bond donors (Lipinski definition) is 2. The van der Waals surface area contributed by atoms with Gasteiger partial charge in [-0.1, -0.05) is 26.0 Å². The number of amides is 2. The van der Waals surface area contributed by atoms with Gasteiger partial charge in [-0.3, -0.25) is 14.5 Å². The summed E-state index contributed by atoms with van der Waals surface area (Å²) >= 11 is 0. The van der Waals surface area contributed by atoms with Gasteiger partial charge in [-0.05, 0) is 18.1 Å². The predicted molar refractivity (Wildman–Crippen MR) is 78.7 cm³/mol. The lowest BCUT2D eigenvalue weighted by atomic mass is 10.0. The van der Waals surface area contributed by atoms with Gasteiger partial charge in [-0.25, -0.2) is 4.79 Å². The molecule has 2 rings (SSSR count). The first-order valence-corrected chi connectivity index (χ1v) is 6.94. The zero-order valence-electron chi connectivity index (χ0n) is 12.4. The molecule has 1 heterocycles. The number of fused-ring (bicyclic) bond motifs is 1. The number of anilines is 1. The molecule has 1 aromatic rings. The Morgan fingerprint density at radius 3 is 2.68 bits per heavy atom. The molecule has 1 atom stereocenters. The summed E-state index contributed by atoms with van der Waals surface area (Å²) in [6.07, 6.45) is 0. The fourth-order valence-corrected chi connectivity index (χ4v) is 2.20. The van der Waals surface area contributed by atoms with Crippen molar-refractivity contribution < 1.29 is 24.2 Å². The van der Waals surface area contributed by atoms with Gasteiger partial charge in [0.05, 0.1) is 5.69 Å². The number of aliphatic carboxylic acids is 1. The van der Waals surface area contributed by atoms with E-state index in [0.29, 0.717) is 11.4 Å².